The van der Waals surface area contributed by atoms with E-state index in [2.05, 4.69) is 20.7 Å². The topological polar surface area (TPSA) is 46.5 Å². The highest BCUT2D eigenvalue weighted by atomic mass is 79.9. The number of aliphatic hydroxyl groups excluding tert-OH is 1. The van der Waals surface area contributed by atoms with Crippen LogP contribution in [0.4, 0.5) is 0 Å². The summed E-state index contributed by atoms with van der Waals surface area (Å²) in [5.74, 6) is -0.559. The highest BCUT2D eigenvalue weighted by Crippen LogP contribution is 2.13. The van der Waals surface area contributed by atoms with E-state index >= 15 is 0 Å². The summed E-state index contributed by atoms with van der Waals surface area (Å²) >= 11 is 3.36. The molecule has 1 atom stereocenters. The number of hydrogen-bond acceptors (Lipinski definition) is 3. The molecule has 1 aromatic rings. The van der Waals surface area contributed by atoms with Crippen molar-refractivity contribution in [3.8, 4) is 0 Å². The lowest BCUT2D eigenvalue weighted by Crippen LogP contribution is -2.21. The van der Waals surface area contributed by atoms with E-state index in [1.54, 1.807) is 0 Å². The molecule has 0 aliphatic heterocycles. The molecule has 0 spiro atoms. The molecule has 0 aliphatic rings. The second-order valence-corrected chi connectivity index (χ2v) is 4.47. The van der Waals surface area contributed by atoms with E-state index in [1.165, 1.54) is 12.7 Å². The molecule has 0 radical (unpaired) electrons. The lowest BCUT2D eigenvalue weighted by atomic mass is 10.1. The van der Waals surface area contributed by atoms with Crippen molar-refractivity contribution in [1.29, 1.82) is 0 Å². The van der Waals surface area contributed by atoms with Crippen molar-refractivity contribution in [1.82, 2.24) is 0 Å². The van der Waals surface area contributed by atoms with Gasteiger partial charge in [-0.3, -0.25) is 0 Å². The zero-order chi connectivity index (χ0) is 12.0. The molecule has 0 amide bonds. The van der Waals surface area contributed by atoms with Crippen LogP contribution in [0, 0.1) is 0 Å². The van der Waals surface area contributed by atoms with Crippen LogP contribution < -0.4 is 0 Å². The Hall–Kier alpha value is -0.870. The summed E-state index contributed by atoms with van der Waals surface area (Å²) < 4.78 is 5.48. The first kappa shape index (κ1) is 13.2. The molecule has 88 valence electrons. The van der Waals surface area contributed by atoms with Gasteiger partial charge in [0.25, 0.3) is 0 Å². The number of esters is 1. The molecule has 3 nitrogen and oxygen atoms in total. The van der Waals surface area contributed by atoms with Gasteiger partial charge in [0.1, 0.15) is 0 Å². The van der Waals surface area contributed by atoms with Crippen LogP contribution in [0.15, 0.2) is 28.7 Å². The van der Waals surface area contributed by atoms with Crippen LogP contribution in [0.5, 0.6) is 0 Å². The summed E-state index contributed by atoms with van der Waals surface area (Å²) in [4.78, 5) is 10.9. The van der Waals surface area contributed by atoms with Gasteiger partial charge in [-0.15, -0.1) is 0 Å². The smallest absolute Gasteiger partial charge is 0.334 e. The molecular weight excluding hydrogens is 272 g/mol. The van der Waals surface area contributed by atoms with Crippen LogP contribution in [0.2, 0.25) is 0 Å². The Morgan fingerprint density at radius 2 is 2.06 bits per heavy atom. The van der Waals surface area contributed by atoms with E-state index in [-0.39, 0.29) is 0 Å². The molecule has 0 saturated heterocycles. The standard InChI is InChI=1S/C12H15BrO3/c1-16-12(15)11(14)4-2-3-9-5-7-10(13)8-6-9/h5-8,11,14H,2-4H2,1H3. The molecular formula is C12H15BrO3. The van der Waals surface area contributed by atoms with E-state index in [0.29, 0.717) is 6.42 Å². The lowest BCUT2D eigenvalue weighted by molar-refractivity contribution is -0.150. The Labute approximate surface area is 104 Å². The van der Waals surface area contributed by atoms with E-state index in [1.807, 2.05) is 24.3 Å². The number of aryl methyl sites for hydroxylation is 1. The minimum atomic E-state index is -1.000. The van der Waals surface area contributed by atoms with Gasteiger partial charge in [0.05, 0.1) is 7.11 Å². The molecule has 4 heteroatoms. The number of methoxy groups -OCH3 is 1. The van der Waals surface area contributed by atoms with Crippen molar-refractivity contribution >= 4 is 21.9 Å². The number of carbonyl (C=O) groups excluding carboxylic acids is 1. The maximum Gasteiger partial charge on any atom is 0.334 e. The van der Waals surface area contributed by atoms with Crippen LogP contribution >= 0.6 is 15.9 Å². The third kappa shape index (κ3) is 4.33. The van der Waals surface area contributed by atoms with Crippen LogP contribution in [-0.2, 0) is 16.0 Å². The fraction of sp³-hybridized carbons (Fsp3) is 0.417. The van der Waals surface area contributed by atoms with E-state index < -0.39 is 12.1 Å². The number of carbonyl (C=O) groups is 1. The normalized spacial score (nSPS) is 12.2. The molecule has 16 heavy (non-hydrogen) atoms. The summed E-state index contributed by atoms with van der Waals surface area (Å²) in [6.07, 6.45) is 1.04. The quantitative estimate of drug-likeness (QED) is 0.845. The minimum absolute atomic E-state index is 0.433. The van der Waals surface area contributed by atoms with Crippen LogP contribution in [-0.4, -0.2) is 24.3 Å². The van der Waals surface area contributed by atoms with Gasteiger partial charge in [0.2, 0.25) is 0 Å². The number of ether oxygens (including phenoxy) is 1. The van der Waals surface area contributed by atoms with Gasteiger partial charge in [-0.05, 0) is 37.0 Å². The van der Waals surface area contributed by atoms with Crippen molar-refractivity contribution in [3.05, 3.63) is 34.3 Å². The molecule has 1 aromatic carbocycles. The number of hydrogen-bond donors (Lipinski definition) is 1. The Balaban J connectivity index is 2.30. The minimum Gasteiger partial charge on any atom is -0.467 e. The summed E-state index contributed by atoms with van der Waals surface area (Å²) in [6, 6.07) is 8.00. The van der Waals surface area contributed by atoms with Crippen molar-refractivity contribution in [2.45, 2.75) is 25.4 Å². The predicted octanol–water partition coefficient (Wildman–Crippen LogP) is 2.31. The summed E-state index contributed by atoms with van der Waals surface area (Å²) in [5, 5.41) is 9.36. The first-order chi connectivity index (χ1) is 7.63. The van der Waals surface area contributed by atoms with Crippen LogP contribution in [0.1, 0.15) is 18.4 Å². The molecule has 0 aliphatic carbocycles. The van der Waals surface area contributed by atoms with Gasteiger partial charge in [0.15, 0.2) is 6.10 Å². The molecule has 1 rings (SSSR count). The Morgan fingerprint density at radius 1 is 1.44 bits per heavy atom. The zero-order valence-electron chi connectivity index (χ0n) is 9.15. The third-order valence-electron chi connectivity index (χ3n) is 2.33. The van der Waals surface area contributed by atoms with Crippen LogP contribution in [0.25, 0.3) is 0 Å². The van der Waals surface area contributed by atoms with Gasteiger partial charge in [-0.1, -0.05) is 28.1 Å². The molecule has 0 saturated carbocycles. The fourth-order valence-corrected chi connectivity index (χ4v) is 1.67. The molecule has 0 heterocycles. The van der Waals surface area contributed by atoms with Gasteiger partial charge >= 0.3 is 5.97 Å². The second kappa shape index (κ2) is 6.66. The highest BCUT2D eigenvalue weighted by molar-refractivity contribution is 9.10. The Bertz CT molecular complexity index is 335. The van der Waals surface area contributed by atoms with Gasteiger partial charge in [-0.25, -0.2) is 4.79 Å². The number of rotatable bonds is 5. The molecule has 0 fully saturated rings. The van der Waals surface area contributed by atoms with Crippen molar-refractivity contribution < 1.29 is 14.6 Å². The molecule has 1 N–H and O–H groups in total. The average Bonchev–Trinajstić information content (AvgIpc) is 2.30. The highest BCUT2D eigenvalue weighted by Gasteiger charge is 2.14. The van der Waals surface area contributed by atoms with E-state index in [9.17, 15) is 9.90 Å². The monoisotopic (exact) mass is 286 g/mol. The maximum absolute atomic E-state index is 10.9. The SMILES string of the molecule is COC(=O)C(O)CCCc1ccc(Br)cc1. The summed E-state index contributed by atoms with van der Waals surface area (Å²) in [5.41, 5.74) is 1.19. The van der Waals surface area contributed by atoms with Gasteiger partial charge < -0.3 is 9.84 Å². The van der Waals surface area contributed by atoms with E-state index in [0.717, 1.165) is 17.3 Å². The summed E-state index contributed by atoms with van der Waals surface area (Å²) in [6.45, 7) is 0. The third-order valence-corrected chi connectivity index (χ3v) is 2.86. The zero-order valence-corrected chi connectivity index (χ0v) is 10.7. The predicted molar refractivity (Wildman–Crippen MR) is 65.1 cm³/mol. The average molecular weight is 287 g/mol. The van der Waals surface area contributed by atoms with E-state index in [4.69, 9.17) is 0 Å². The Kier molecular flexibility index (Phi) is 5.49. The van der Waals surface area contributed by atoms with Gasteiger partial charge in [0, 0.05) is 4.47 Å². The largest absolute Gasteiger partial charge is 0.467 e. The molecule has 0 aromatic heterocycles. The first-order valence-electron chi connectivity index (χ1n) is 5.14. The lowest BCUT2D eigenvalue weighted by Gasteiger charge is -2.07. The van der Waals surface area contributed by atoms with Crippen molar-refractivity contribution in [3.63, 3.8) is 0 Å². The molecule has 0 bridgehead atoms. The van der Waals surface area contributed by atoms with Crippen LogP contribution in [0.3, 0.4) is 0 Å². The van der Waals surface area contributed by atoms with Crippen molar-refractivity contribution in [2.24, 2.45) is 0 Å². The fourth-order valence-electron chi connectivity index (χ4n) is 1.40. The first-order valence-corrected chi connectivity index (χ1v) is 5.93. The Morgan fingerprint density at radius 3 is 2.62 bits per heavy atom. The number of aliphatic hydroxyl groups is 1. The number of halogens is 1. The summed E-state index contributed by atoms with van der Waals surface area (Å²) in [7, 11) is 1.28. The number of benzene rings is 1. The van der Waals surface area contributed by atoms with Gasteiger partial charge in [-0.2, -0.15) is 0 Å². The second-order valence-electron chi connectivity index (χ2n) is 3.56. The maximum atomic E-state index is 10.9. The van der Waals surface area contributed by atoms with Crippen molar-refractivity contribution in [2.75, 3.05) is 7.11 Å². The molecule has 1 unspecified atom stereocenters.